The molecule has 1 aromatic rings. The van der Waals surface area contributed by atoms with Crippen LogP contribution in [0.1, 0.15) is 44.7 Å². The maximum Gasteiger partial charge on any atom is 0.169 e. The summed E-state index contributed by atoms with van der Waals surface area (Å²) in [4.78, 5) is 11.2. The lowest BCUT2D eigenvalue weighted by molar-refractivity contribution is -0.122. The summed E-state index contributed by atoms with van der Waals surface area (Å²) in [5, 5.41) is 0.750. The minimum atomic E-state index is -0.421. The molecule has 1 unspecified atom stereocenters. The lowest BCUT2D eigenvalue weighted by atomic mass is 10.0. The number of carbonyl (C=O) groups is 1. The van der Waals surface area contributed by atoms with Gasteiger partial charge >= 0.3 is 0 Å². The van der Waals surface area contributed by atoms with Crippen LogP contribution in [0, 0.1) is 6.92 Å². The molecule has 0 aromatic heterocycles. The summed E-state index contributed by atoms with van der Waals surface area (Å²) in [6.45, 7) is 9.37. The molecule has 0 radical (unpaired) electrons. The average molecular weight is 255 g/mol. The number of Topliss-reactive ketones (excluding diaryl/α,β-unsaturated/α-hetero) is 1. The van der Waals surface area contributed by atoms with E-state index < -0.39 is 6.10 Å². The fraction of sp³-hybridized carbons (Fsp3) is 0.500. The molecule has 1 aromatic carbocycles. The Hall–Kier alpha value is -1.02. The molecule has 0 N–H and O–H groups in total. The van der Waals surface area contributed by atoms with Gasteiger partial charge in [0.1, 0.15) is 5.75 Å². The summed E-state index contributed by atoms with van der Waals surface area (Å²) >= 11 is 6.17. The Morgan fingerprint density at radius 2 is 1.88 bits per heavy atom. The third-order valence-corrected chi connectivity index (χ3v) is 3.12. The minimum Gasteiger partial charge on any atom is -0.483 e. The van der Waals surface area contributed by atoms with E-state index in [9.17, 15) is 4.79 Å². The Morgan fingerprint density at radius 1 is 1.29 bits per heavy atom. The molecule has 0 aliphatic heterocycles. The monoisotopic (exact) mass is 254 g/mol. The maximum absolute atomic E-state index is 11.2. The standard InChI is InChI=1S/C14H19ClO2/c1-8(2)12-7-14(9(3)6-13(12)15)17-11(5)10(4)16/h6-8,11H,1-5H3. The lowest BCUT2D eigenvalue weighted by Gasteiger charge is -2.17. The zero-order valence-electron chi connectivity index (χ0n) is 11.0. The van der Waals surface area contributed by atoms with Crippen LogP contribution in [-0.2, 0) is 4.79 Å². The molecule has 0 bridgehead atoms. The van der Waals surface area contributed by atoms with Crippen LogP contribution in [0.3, 0.4) is 0 Å². The molecule has 1 atom stereocenters. The number of hydrogen-bond acceptors (Lipinski definition) is 2. The molecule has 94 valence electrons. The molecule has 0 amide bonds. The Balaban J connectivity index is 3.07. The van der Waals surface area contributed by atoms with Crippen LogP contribution in [0.25, 0.3) is 0 Å². The number of ketones is 1. The highest BCUT2D eigenvalue weighted by Crippen LogP contribution is 2.31. The van der Waals surface area contributed by atoms with Gasteiger partial charge in [-0.3, -0.25) is 4.79 Å². The van der Waals surface area contributed by atoms with Crippen molar-refractivity contribution in [3.63, 3.8) is 0 Å². The van der Waals surface area contributed by atoms with Crippen LogP contribution in [0.5, 0.6) is 5.75 Å². The van der Waals surface area contributed by atoms with E-state index >= 15 is 0 Å². The van der Waals surface area contributed by atoms with E-state index in [4.69, 9.17) is 16.3 Å². The average Bonchev–Trinajstić information content (AvgIpc) is 2.21. The third-order valence-electron chi connectivity index (χ3n) is 2.79. The van der Waals surface area contributed by atoms with E-state index in [0.717, 1.165) is 21.9 Å². The van der Waals surface area contributed by atoms with Crippen molar-refractivity contribution in [1.82, 2.24) is 0 Å². The summed E-state index contributed by atoms with van der Waals surface area (Å²) < 4.78 is 5.64. The highest BCUT2D eigenvalue weighted by molar-refractivity contribution is 6.31. The van der Waals surface area contributed by atoms with Crippen molar-refractivity contribution in [3.8, 4) is 5.75 Å². The van der Waals surface area contributed by atoms with Gasteiger partial charge in [-0.05, 0) is 49.9 Å². The van der Waals surface area contributed by atoms with Gasteiger partial charge in [0.2, 0.25) is 0 Å². The summed E-state index contributed by atoms with van der Waals surface area (Å²) in [5.41, 5.74) is 2.00. The summed E-state index contributed by atoms with van der Waals surface area (Å²) in [7, 11) is 0. The Labute approximate surface area is 108 Å². The van der Waals surface area contributed by atoms with Crippen molar-refractivity contribution in [2.24, 2.45) is 0 Å². The zero-order chi connectivity index (χ0) is 13.2. The van der Waals surface area contributed by atoms with Crippen LogP contribution < -0.4 is 4.74 Å². The van der Waals surface area contributed by atoms with Gasteiger partial charge in [0.25, 0.3) is 0 Å². The first kappa shape index (κ1) is 14.0. The SMILES string of the molecule is CC(=O)C(C)Oc1cc(C(C)C)c(Cl)cc1C. The molecule has 0 fully saturated rings. The van der Waals surface area contributed by atoms with Crippen LogP contribution in [0.15, 0.2) is 12.1 Å². The second-order valence-corrected chi connectivity index (χ2v) is 5.07. The second kappa shape index (κ2) is 5.54. The van der Waals surface area contributed by atoms with Crippen molar-refractivity contribution in [2.75, 3.05) is 0 Å². The van der Waals surface area contributed by atoms with Crippen molar-refractivity contribution in [2.45, 2.75) is 46.6 Å². The van der Waals surface area contributed by atoms with E-state index in [2.05, 4.69) is 13.8 Å². The summed E-state index contributed by atoms with van der Waals surface area (Å²) in [5.74, 6) is 1.09. The van der Waals surface area contributed by atoms with Gasteiger partial charge in [-0.2, -0.15) is 0 Å². The number of halogens is 1. The first-order valence-corrected chi connectivity index (χ1v) is 6.17. The number of ether oxygens (including phenoxy) is 1. The molecular formula is C14H19ClO2. The Morgan fingerprint density at radius 3 is 2.35 bits per heavy atom. The topological polar surface area (TPSA) is 26.3 Å². The molecule has 0 heterocycles. The number of rotatable bonds is 4. The van der Waals surface area contributed by atoms with Crippen LogP contribution >= 0.6 is 11.6 Å². The van der Waals surface area contributed by atoms with E-state index in [0.29, 0.717) is 5.92 Å². The molecule has 0 aliphatic carbocycles. The maximum atomic E-state index is 11.2. The first-order chi connectivity index (χ1) is 7.82. The quantitative estimate of drug-likeness (QED) is 0.808. The van der Waals surface area contributed by atoms with E-state index in [1.54, 1.807) is 6.92 Å². The van der Waals surface area contributed by atoms with Crippen molar-refractivity contribution in [1.29, 1.82) is 0 Å². The second-order valence-electron chi connectivity index (χ2n) is 4.66. The summed E-state index contributed by atoms with van der Waals surface area (Å²) in [6, 6.07) is 3.82. The van der Waals surface area contributed by atoms with Crippen molar-refractivity contribution in [3.05, 3.63) is 28.3 Å². The molecular weight excluding hydrogens is 236 g/mol. The highest BCUT2D eigenvalue weighted by Gasteiger charge is 2.14. The number of hydrogen-bond donors (Lipinski definition) is 0. The smallest absolute Gasteiger partial charge is 0.169 e. The first-order valence-electron chi connectivity index (χ1n) is 5.80. The normalized spacial score (nSPS) is 12.6. The predicted octanol–water partition coefficient (Wildman–Crippen LogP) is 4.13. The molecule has 0 spiro atoms. The molecule has 17 heavy (non-hydrogen) atoms. The largest absolute Gasteiger partial charge is 0.483 e. The van der Waals surface area contributed by atoms with Gasteiger partial charge in [0, 0.05) is 5.02 Å². The predicted molar refractivity (Wildman–Crippen MR) is 71.0 cm³/mol. The summed E-state index contributed by atoms with van der Waals surface area (Å²) in [6.07, 6.45) is -0.421. The fourth-order valence-corrected chi connectivity index (χ4v) is 1.95. The molecule has 1 rings (SSSR count). The van der Waals surface area contributed by atoms with Gasteiger partial charge in [-0.25, -0.2) is 0 Å². The Kier molecular flexibility index (Phi) is 4.58. The lowest BCUT2D eigenvalue weighted by Crippen LogP contribution is -2.21. The molecule has 0 saturated heterocycles. The van der Waals surface area contributed by atoms with E-state index in [1.165, 1.54) is 6.92 Å². The molecule has 0 saturated carbocycles. The molecule has 0 aliphatic rings. The van der Waals surface area contributed by atoms with Crippen LogP contribution in [0.2, 0.25) is 5.02 Å². The van der Waals surface area contributed by atoms with Crippen molar-refractivity contribution < 1.29 is 9.53 Å². The van der Waals surface area contributed by atoms with E-state index in [1.807, 2.05) is 19.1 Å². The van der Waals surface area contributed by atoms with Gasteiger partial charge < -0.3 is 4.74 Å². The third kappa shape index (κ3) is 3.47. The molecule has 2 nitrogen and oxygen atoms in total. The fourth-order valence-electron chi connectivity index (χ4n) is 1.51. The minimum absolute atomic E-state index is 0.0189. The van der Waals surface area contributed by atoms with Crippen molar-refractivity contribution >= 4 is 17.4 Å². The van der Waals surface area contributed by atoms with E-state index in [-0.39, 0.29) is 5.78 Å². The number of aryl methyl sites for hydroxylation is 1. The molecule has 3 heteroatoms. The number of carbonyl (C=O) groups excluding carboxylic acids is 1. The van der Waals surface area contributed by atoms with Crippen LogP contribution in [0.4, 0.5) is 0 Å². The Bertz CT molecular complexity index is 424. The van der Waals surface area contributed by atoms with Gasteiger partial charge in [-0.1, -0.05) is 25.4 Å². The van der Waals surface area contributed by atoms with Gasteiger partial charge in [-0.15, -0.1) is 0 Å². The van der Waals surface area contributed by atoms with Gasteiger partial charge in [0.15, 0.2) is 11.9 Å². The van der Waals surface area contributed by atoms with Gasteiger partial charge in [0.05, 0.1) is 0 Å². The van der Waals surface area contributed by atoms with Crippen LogP contribution in [-0.4, -0.2) is 11.9 Å². The zero-order valence-corrected chi connectivity index (χ0v) is 11.8. The highest BCUT2D eigenvalue weighted by atomic mass is 35.5. The number of benzene rings is 1.